The standard InChI is InChI=1S/C22H21BrFN3O4S/c1-4-30-17-9-13(10-19-21(29)27(3)22(25-2)32-19)16(23)11-18(17)31-12-20(28)26-15-7-5-14(24)6-8-15/h5-11H,4,12H2,1-3H3,(H,26,28)/b19-10+,25-22?. The van der Waals surface area contributed by atoms with Gasteiger partial charge in [0.2, 0.25) is 0 Å². The van der Waals surface area contributed by atoms with Crippen LogP contribution in [-0.2, 0) is 9.59 Å². The Labute approximate surface area is 197 Å². The van der Waals surface area contributed by atoms with E-state index in [2.05, 4.69) is 26.2 Å². The molecule has 7 nitrogen and oxygen atoms in total. The van der Waals surface area contributed by atoms with E-state index in [1.54, 1.807) is 32.3 Å². The highest BCUT2D eigenvalue weighted by atomic mass is 79.9. The van der Waals surface area contributed by atoms with E-state index in [1.807, 2.05) is 6.92 Å². The topological polar surface area (TPSA) is 80.2 Å². The minimum absolute atomic E-state index is 0.141. The number of thioether (sulfide) groups is 1. The molecule has 168 valence electrons. The number of ether oxygens (including phenoxy) is 2. The number of anilines is 1. The number of nitrogens with one attached hydrogen (secondary N) is 1. The molecule has 1 heterocycles. The van der Waals surface area contributed by atoms with Crippen LogP contribution in [0.1, 0.15) is 12.5 Å². The van der Waals surface area contributed by atoms with E-state index < -0.39 is 5.91 Å². The van der Waals surface area contributed by atoms with E-state index in [0.29, 0.717) is 38.3 Å². The van der Waals surface area contributed by atoms with Crippen molar-refractivity contribution in [3.05, 3.63) is 57.2 Å². The lowest BCUT2D eigenvalue weighted by Gasteiger charge is -2.14. The number of amidine groups is 1. The molecule has 3 rings (SSSR count). The zero-order valence-corrected chi connectivity index (χ0v) is 20.0. The minimum Gasteiger partial charge on any atom is -0.490 e. The van der Waals surface area contributed by atoms with Gasteiger partial charge in [-0.25, -0.2) is 4.39 Å². The molecule has 0 aliphatic carbocycles. The molecular weight excluding hydrogens is 501 g/mol. The molecule has 2 amide bonds. The number of hydrogen-bond donors (Lipinski definition) is 1. The van der Waals surface area contributed by atoms with E-state index >= 15 is 0 Å². The van der Waals surface area contributed by atoms with Gasteiger partial charge >= 0.3 is 0 Å². The molecule has 0 aromatic heterocycles. The second-order valence-corrected chi connectivity index (χ2v) is 8.44. The lowest BCUT2D eigenvalue weighted by molar-refractivity contribution is -0.121. The van der Waals surface area contributed by atoms with Crippen LogP contribution in [0.2, 0.25) is 0 Å². The average Bonchev–Trinajstić information content (AvgIpc) is 3.04. The van der Waals surface area contributed by atoms with Gasteiger partial charge in [0, 0.05) is 24.3 Å². The summed E-state index contributed by atoms with van der Waals surface area (Å²) in [6, 6.07) is 8.87. The molecule has 2 aromatic carbocycles. The van der Waals surface area contributed by atoms with Gasteiger partial charge in [0.1, 0.15) is 5.82 Å². The predicted octanol–water partition coefficient (Wildman–Crippen LogP) is 4.54. The Balaban J connectivity index is 1.76. The third-order valence-corrected chi connectivity index (χ3v) is 6.17. The lowest BCUT2D eigenvalue weighted by atomic mass is 10.2. The van der Waals surface area contributed by atoms with E-state index in [-0.39, 0.29) is 18.3 Å². The molecule has 0 bridgehead atoms. The highest BCUT2D eigenvalue weighted by molar-refractivity contribution is 9.10. The van der Waals surface area contributed by atoms with E-state index in [4.69, 9.17) is 9.47 Å². The number of nitrogens with zero attached hydrogens (tertiary/aromatic N) is 2. The van der Waals surface area contributed by atoms with Crippen molar-refractivity contribution in [1.29, 1.82) is 0 Å². The van der Waals surface area contributed by atoms with Crippen molar-refractivity contribution >= 4 is 56.4 Å². The summed E-state index contributed by atoms with van der Waals surface area (Å²) in [4.78, 5) is 30.8. The highest BCUT2D eigenvalue weighted by Gasteiger charge is 2.30. The Kier molecular flexibility index (Phi) is 7.92. The Morgan fingerprint density at radius 1 is 1.25 bits per heavy atom. The first-order chi connectivity index (χ1) is 15.3. The minimum atomic E-state index is -0.399. The fourth-order valence-electron chi connectivity index (χ4n) is 2.81. The summed E-state index contributed by atoms with van der Waals surface area (Å²) in [6.07, 6.45) is 1.75. The summed E-state index contributed by atoms with van der Waals surface area (Å²) in [7, 11) is 3.31. The molecule has 0 radical (unpaired) electrons. The van der Waals surface area contributed by atoms with Gasteiger partial charge < -0.3 is 14.8 Å². The number of rotatable bonds is 7. The molecule has 1 saturated heterocycles. The van der Waals surface area contributed by atoms with E-state index in [9.17, 15) is 14.0 Å². The number of halogens is 2. The first-order valence-electron chi connectivity index (χ1n) is 9.61. The van der Waals surface area contributed by atoms with Crippen LogP contribution in [0, 0.1) is 5.82 Å². The van der Waals surface area contributed by atoms with Gasteiger partial charge in [-0.3, -0.25) is 19.5 Å². The van der Waals surface area contributed by atoms with Crippen LogP contribution >= 0.6 is 27.7 Å². The summed E-state index contributed by atoms with van der Waals surface area (Å²) in [5.41, 5.74) is 1.19. The number of amides is 2. The van der Waals surface area contributed by atoms with Crippen molar-refractivity contribution in [2.75, 3.05) is 32.6 Å². The second-order valence-electron chi connectivity index (χ2n) is 6.58. The van der Waals surface area contributed by atoms with Gasteiger partial charge in [-0.1, -0.05) is 15.9 Å². The van der Waals surface area contributed by atoms with Crippen molar-refractivity contribution in [2.45, 2.75) is 6.92 Å². The molecule has 1 aliphatic heterocycles. The molecule has 10 heteroatoms. The summed E-state index contributed by atoms with van der Waals surface area (Å²) in [5.74, 6) is -0.121. The maximum absolute atomic E-state index is 13.0. The monoisotopic (exact) mass is 521 g/mol. The van der Waals surface area contributed by atoms with Gasteiger partial charge in [-0.05, 0) is 66.7 Å². The normalized spacial score (nSPS) is 16.0. The van der Waals surface area contributed by atoms with Gasteiger partial charge in [0.05, 0.1) is 11.5 Å². The first-order valence-corrected chi connectivity index (χ1v) is 11.2. The van der Waals surface area contributed by atoms with Crippen molar-refractivity contribution in [3.63, 3.8) is 0 Å². The van der Waals surface area contributed by atoms with Crippen LogP contribution in [0.3, 0.4) is 0 Å². The molecular formula is C22H21BrFN3O4S. The number of likely N-dealkylation sites (N-methyl/N-ethyl adjacent to an activating group) is 1. The van der Waals surface area contributed by atoms with Crippen molar-refractivity contribution in [1.82, 2.24) is 4.90 Å². The van der Waals surface area contributed by atoms with Gasteiger partial charge in [-0.15, -0.1) is 0 Å². The van der Waals surface area contributed by atoms with Crippen molar-refractivity contribution in [3.8, 4) is 11.5 Å². The number of carbonyl (C=O) groups excluding carboxylic acids is 2. The fraction of sp³-hybridized carbons (Fsp3) is 0.227. The molecule has 1 fully saturated rings. The molecule has 0 atom stereocenters. The Morgan fingerprint density at radius 2 is 1.94 bits per heavy atom. The maximum Gasteiger partial charge on any atom is 0.266 e. The molecule has 2 aromatic rings. The molecule has 1 aliphatic rings. The van der Waals surface area contributed by atoms with E-state index in [1.165, 1.54) is 40.9 Å². The largest absolute Gasteiger partial charge is 0.490 e. The predicted molar refractivity (Wildman–Crippen MR) is 128 cm³/mol. The van der Waals surface area contributed by atoms with Crippen LogP contribution in [-0.4, -0.2) is 49.2 Å². The van der Waals surface area contributed by atoms with Crippen molar-refractivity contribution in [2.24, 2.45) is 4.99 Å². The number of benzene rings is 2. The van der Waals surface area contributed by atoms with Crippen LogP contribution in [0.4, 0.5) is 10.1 Å². The second kappa shape index (κ2) is 10.6. The fourth-order valence-corrected chi connectivity index (χ4v) is 4.16. The number of hydrogen-bond acceptors (Lipinski definition) is 6. The molecule has 1 N–H and O–H groups in total. The Hall–Kier alpha value is -2.85. The summed E-state index contributed by atoms with van der Waals surface area (Å²) in [5, 5.41) is 3.25. The van der Waals surface area contributed by atoms with Crippen LogP contribution in [0.25, 0.3) is 6.08 Å². The zero-order chi connectivity index (χ0) is 23.3. The summed E-state index contributed by atoms with van der Waals surface area (Å²) >= 11 is 4.78. The van der Waals surface area contributed by atoms with Gasteiger partial charge in [0.15, 0.2) is 23.3 Å². The number of aliphatic imine (C=N–C) groups is 1. The van der Waals surface area contributed by atoms with Crippen LogP contribution in [0.5, 0.6) is 11.5 Å². The average molecular weight is 522 g/mol. The van der Waals surface area contributed by atoms with Crippen molar-refractivity contribution < 1.29 is 23.5 Å². The highest BCUT2D eigenvalue weighted by Crippen LogP contribution is 2.38. The number of carbonyl (C=O) groups is 2. The molecule has 0 spiro atoms. The van der Waals surface area contributed by atoms with Crippen LogP contribution < -0.4 is 14.8 Å². The van der Waals surface area contributed by atoms with Gasteiger partial charge in [0.25, 0.3) is 11.8 Å². The lowest BCUT2D eigenvalue weighted by Crippen LogP contribution is -2.23. The smallest absolute Gasteiger partial charge is 0.266 e. The molecule has 0 unspecified atom stereocenters. The molecule has 0 saturated carbocycles. The third kappa shape index (κ3) is 5.68. The van der Waals surface area contributed by atoms with E-state index in [0.717, 1.165) is 5.56 Å². The van der Waals surface area contributed by atoms with Gasteiger partial charge in [-0.2, -0.15) is 0 Å². The SMILES string of the molecule is CCOc1cc(/C=C2/SC(=NC)N(C)C2=O)c(Br)cc1OCC(=O)Nc1ccc(F)cc1. The maximum atomic E-state index is 13.0. The quantitative estimate of drug-likeness (QED) is 0.541. The van der Waals surface area contributed by atoms with Crippen LogP contribution in [0.15, 0.2) is 50.8 Å². The first kappa shape index (κ1) is 23.8. The third-order valence-electron chi connectivity index (χ3n) is 4.33. The zero-order valence-electron chi connectivity index (χ0n) is 17.6. The Morgan fingerprint density at radius 3 is 2.56 bits per heavy atom. The summed E-state index contributed by atoms with van der Waals surface area (Å²) in [6.45, 7) is 1.96. The summed E-state index contributed by atoms with van der Waals surface area (Å²) < 4.78 is 25.0. The Bertz CT molecular complexity index is 1090. The molecule has 32 heavy (non-hydrogen) atoms.